The lowest BCUT2D eigenvalue weighted by atomic mass is 10.1. The zero-order chi connectivity index (χ0) is 21.0. The normalized spacial score (nSPS) is 17.4. The summed E-state index contributed by atoms with van der Waals surface area (Å²) in [6, 6.07) is 5.67. The number of aryl methyl sites for hydroxylation is 1. The molecule has 0 bridgehead atoms. The zero-order valence-electron chi connectivity index (χ0n) is 17.1. The van der Waals surface area contributed by atoms with Crippen molar-refractivity contribution in [2.24, 2.45) is 0 Å². The Morgan fingerprint density at radius 1 is 1.19 bits per heavy atom. The monoisotopic (exact) mass is 423 g/mol. The highest BCUT2D eigenvalue weighted by molar-refractivity contribution is 5.63. The van der Waals surface area contributed by atoms with Crippen molar-refractivity contribution in [1.82, 2.24) is 19.1 Å². The fourth-order valence-corrected chi connectivity index (χ4v) is 3.97. The Bertz CT molecular complexity index is 1120. The van der Waals surface area contributed by atoms with E-state index in [0.29, 0.717) is 31.3 Å². The van der Waals surface area contributed by atoms with Crippen LogP contribution < -0.4 is 20.5 Å². The molecule has 9 heteroatoms. The molecule has 9 nitrogen and oxygen atoms in total. The van der Waals surface area contributed by atoms with Crippen LogP contribution in [0.25, 0.3) is 0 Å². The quantitative estimate of drug-likeness (QED) is 0.605. The number of nitrogens with zero attached hydrogens (tertiary/aromatic N) is 3. The predicted molar refractivity (Wildman–Crippen MR) is 115 cm³/mol. The lowest BCUT2D eigenvalue weighted by Crippen LogP contribution is -2.22. The molecule has 0 spiro atoms. The molecule has 5 rings (SSSR count). The van der Waals surface area contributed by atoms with Crippen molar-refractivity contribution in [3.8, 4) is 11.5 Å². The van der Waals surface area contributed by atoms with Crippen LogP contribution in [-0.2, 0) is 17.8 Å². The lowest BCUT2D eigenvalue weighted by molar-refractivity contribution is 0.118. The molecule has 31 heavy (non-hydrogen) atoms. The molecule has 0 amide bonds. The highest BCUT2D eigenvalue weighted by Crippen LogP contribution is 2.36. The Labute approximate surface area is 179 Å². The number of fused-ring (bicyclic) bond motifs is 1. The number of anilines is 2. The summed E-state index contributed by atoms with van der Waals surface area (Å²) in [4.78, 5) is 19.9. The smallest absolute Gasteiger partial charge is 0.327 e. The van der Waals surface area contributed by atoms with Crippen molar-refractivity contribution in [2.75, 3.05) is 18.5 Å². The summed E-state index contributed by atoms with van der Waals surface area (Å²) in [5.74, 6) is 2.06. The third-order valence-electron chi connectivity index (χ3n) is 5.43. The van der Waals surface area contributed by atoms with Gasteiger partial charge in [-0.1, -0.05) is 0 Å². The average molecular weight is 423 g/mol. The highest BCUT2D eigenvalue weighted by atomic mass is 16.6. The van der Waals surface area contributed by atoms with Crippen molar-refractivity contribution in [2.45, 2.75) is 38.5 Å². The van der Waals surface area contributed by atoms with Gasteiger partial charge < -0.3 is 24.1 Å². The largest absolute Gasteiger partial charge is 0.492 e. The summed E-state index contributed by atoms with van der Waals surface area (Å²) < 4.78 is 20.9. The second-order valence-electron chi connectivity index (χ2n) is 7.55. The summed E-state index contributed by atoms with van der Waals surface area (Å²) in [6.07, 6.45) is 11.5. The van der Waals surface area contributed by atoms with Gasteiger partial charge in [0.1, 0.15) is 30.8 Å². The molecule has 2 aliphatic heterocycles. The molecule has 1 atom stereocenters. The number of hydrogen-bond donors (Lipinski definition) is 2. The maximum absolute atomic E-state index is 12.8. The van der Waals surface area contributed by atoms with Crippen LogP contribution in [0.2, 0.25) is 0 Å². The van der Waals surface area contributed by atoms with Gasteiger partial charge in [0.15, 0.2) is 11.5 Å². The zero-order valence-corrected chi connectivity index (χ0v) is 17.1. The van der Waals surface area contributed by atoms with Crippen LogP contribution in [0, 0.1) is 0 Å². The van der Waals surface area contributed by atoms with Crippen LogP contribution >= 0.6 is 0 Å². The average Bonchev–Trinajstić information content (AvgIpc) is 3.42. The number of nitrogens with one attached hydrogen (secondary N) is 2. The standard InChI is InChI=1S/C22H25N5O4/c28-22-25-21(24-16-5-6-17-19(14-16)31-13-12-30-17)20(18-4-1-2-11-29-18)27(22)9-3-8-26-10-7-23-15-26/h2,5-7,10-11,14-15,18,24H,1,3-4,8-9,12-13H2,(H,25,28). The third kappa shape index (κ3) is 4.16. The molecule has 1 aromatic carbocycles. The van der Waals surface area contributed by atoms with Crippen molar-refractivity contribution in [1.29, 1.82) is 0 Å². The van der Waals surface area contributed by atoms with E-state index in [0.717, 1.165) is 42.9 Å². The molecule has 0 saturated heterocycles. The third-order valence-corrected chi connectivity index (χ3v) is 5.43. The minimum Gasteiger partial charge on any atom is -0.492 e. The molecule has 2 aromatic heterocycles. The first-order valence-corrected chi connectivity index (χ1v) is 10.5. The van der Waals surface area contributed by atoms with Crippen molar-refractivity contribution in [3.63, 3.8) is 0 Å². The van der Waals surface area contributed by atoms with Gasteiger partial charge in [-0.05, 0) is 37.5 Å². The summed E-state index contributed by atoms with van der Waals surface area (Å²) >= 11 is 0. The first-order chi connectivity index (χ1) is 15.3. The second-order valence-corrected chi connectivity index (χ2v) is 7.55. The van der Waals surface area contributed by atoms with E-state index in [4.69, 9.17) is 14.2 Å². The Kier molecular flexibility index (Phi) is 5.39. The Morgan fingerprint density at radius 3 is 2.90 bits per heavy atom. The molecule has 0 saturated carbocycles. The van der Waals surface area contributed by atoms with Crippen LogP contribution in [0.15, 0.2) is 54.1 Å². The van der Waals surface area contributed by atoms with Gasteiger partial charge in [-0.15, -0.1) is 0 Å². The number of rotatable bonds is 7. The lowest BCUT2D eigenvalue weighted by Gasteiger charge is -2.23. The van der Waals surface area contributed by atoms with Crippen molar-refractivity contribution in [3.05, 3.63) is 65.4 Å². The first kappa shape index (κ1) is 19.3. The van der Waals surface area contributed by atoms with Gasteiger partial charge in [-0.2, -0.15) is 0 Å². The molecule has 4 heterocycles. The van der Waals surface area contributed by atoms with E-state index in [1.54, 1.807) is 23.4 Å². The molecular formula is C22H25N5O4. The number of ether oxygens (including phenoxy) is 3. The Morgan fingerprint density at radius 2 is 2.10 bits per heavy atom. The SMILES string of the molecule is O=c1[nH]c(Nc2ccc3c(c2)OCCO3)c(C2CCC=CO2)n1CCCn1ccnc1. The van der Waals surface area contributed by atoms with Crippen LogP contribution in [0.4, 0.5) is 11.5 Å². The second kappa shape index (κ2) is 8.63. The highest BCUT2D eigenvalue weighted by Gasteiger charge is 2.25. The number of hydrogen-bond acceptors (Lipinski definition) is 6. The molecule has 3 aromatic rings. The number of allylic oxidation sites excluding steroid dienone is 1. The molecular weight excluding hydrogens is 398 g/mol. The molecule has 0 aliphatic carbocycles. The van der Waals surface area contributed by atoms with Gasteiger partial charge in [0.05, 0.1) is 12.6 Å². The molecule has 0 fully saturated rings. The Balaban J connectivity index is 1.42. The van der Waals surface area contributed by atoms with Crippen LogP contribution in [0.1, 0.15) is 31.1 Å². The van der Waals surface area contributed by atoms with E-state index in [2.05, 4.69) is 15.3 Å². The topological polar surface area (TPSA) is 95.3 Å². The summed E-state index contributed by atoms with van der Waals surface area (Å²) in [6.45, 7) is 2.43. The van der Waals surface area contributed by atoms with Gasteiger partial charge in [0.2, 0.25) is 0 Å². The molecule has 2 aliphatic rings. The first-order valence-electron chi connectivity index (χ1n) is 10.5. The summed E-state index contributed by atoms with van der Waals surface area (Å²) in [5, 5.41) is 3.35. The van der Waals surface area contributed by atoms with Crippen molar-refractivity contribution < 1.29 is 14.2 Å². The van der Waals surface area contributed by atoms with Gasteiger partial charge in [0, 0.05) is 37.2 Å². The van der Waals surface area contributed by atoms with Gasteiger partial charge in [0.25, 0.3) is 0 Å². The van der Waals surface area contributed by atoms with Gasteiger partial charge >= 0.3 is 5.69 Å². The molecule has 162 valence electrons. The van der Waals surface area contributed by atoms with Crippen LogP contribution in [0.5, 0.6) is 11.5 Å². The van der Waals surface area contributed by atoms with Crippen molar-refractivity contribution >= 4 is 11.5 Å². The summed E-state index contributed by atoms with van der Waals surface area (Å²) in [5.41, 5.74) is 1.48. The number of imidazole rings is 2. The minimum absolute atomic E-state index is 0.154. The van der Waals surface area contributed by atoms with E-state index < -0.39 is 0 Å². The van der Waals surface area contributed by atoms with Gasteiger partial charge in [-0.3, -0.25) is 9.55 Å². The van der Waals surface area contributed by atoms with E-state index >= 15 is 0 Å². The number of aromatic nitrogens is 4. The molecule has 0 radical (unpaired) electrons. The van der Waals surface area contributed by atoms with E-state index in [1.165, 1.54) is 0 Å². The van der Waals surface area contributed by atoms with Crippen LogP contribution in [-0.4, -0.2) is 32.3 Å². The maximum atomic E-state index is 12.8. The van der Waals surface area contributed by atoms with Crippen LogP contribution in [0.3, 0.4) is 0 Å². The maximum Gasteiger partial charge on any atom is 0.327 e. The number of aromatic amines is 1. The Hall–Kier alpha value is -3.62. The fraction of sp³-hybridized carbons (Fsp3) is 0.364. The fourth-order valence-electron chi connectivity index (χ4n) is 3.97. The van der Waals surface area contributed by atoms with E-state index in [-0.39, 0.29) is 11.8 Å². The molecule has 1 unspecified atom stereocenters. The van der Waals surface area contributed by atoms with Gasteiger partial charge in [-0.25, -0.2) is 9.78 Å². The predicted octanol–water partition coefficient (Wildman–Crippen LogP) is 3.34. The van der Waals surface area contributed by atoms with E-state index in [9.17, 15) is 4.79 Å². The molecule has 2 N–H and O–H groups in total. The summed E-state index contributed by atoms with van der Waals surface area (Å²) in [7, 11) is 0. The number of H-pyrrole nitrogens is 1. The minimum atomic E-state index is -0.197. The number of benzene rings is 1. The van der Waals surface area contributed by atoms with E-state index in [1.807, 2.05) is 35.0 Å².